The van der Waals surface area contributed by atoms with E-state index in [2.05, 4.69) is 4.98 Å². The zero-order valence-corrected chi connectivity index (χ0v) is 17.4. The van der Waals surface area contributed by atoms with Crippen LogP contribution >= 0.6 is 0 Å². The zero-order chi connectivity index (χ0) is 22.1. The van der Waals surface area contributed by atoms with E-state index in [1.807, 2.05) is 70.1 Å². The largest absolute Gasteiger partial charge is 0.481 e. The van der Waals surface area contributed by atoms with Crippen LogP contribution in [0.3, 0.4) is 0 Å². The lowest BCUT2D eigenvalue weighted by atomic mass is 9.99. The van der Waals surface area contributed by atoms with Crippen molar-refractivity contribution in [2.24, 2.45) is 5.92 Å². The number of nitrogens with two attached hydrogens (primary N) is 1. The second-order valence-electron chi connectivity index (χ2n) is 7.85. The van der Waals surface area contributed by atoms with Gasteiger partial charge in [-0.15, -0.1) is 0 Å². The van der Waals surface area contributed by atoms with Gasteiger partial charge >= 0.3 is 5.97 Å². The number of hydrogen-bond acceptors (Lipinski definition) is 6. The van der Waals surface area contributed by atoms with Crippen LogP contribution in [0.1, 0.15) is 12.8 Å². The minimum Gasteiger partial charge on any atom is -0.481 e. The molecule has 0 radical (unpaired) electrons. The summed E-state index contributed by atoms with van der Waals surface area (Å²) >= 11 is 0. The number of hydrogen-bond donors (Lipinski definition) is 2. The zero-order valence-electron chi connectivity index (χ0n) is 17.4. The highest BCUT2D eigenvalue weighted by Crippen LogP contribution is 2.34. The molecule has 3 N–H and O–H groups in total. The molecule has 0 spiro atoms. The molecular formula is C24H23N5O3. The van der Waals surface area contributed by atoms with Crippen molar-refractivity contribution in [1.29, 1.82) is 0 Å². The third kappa shape index (κ3) is 3.71. The Hall–Kier alpha value is -4.07. The Morgan fingerprint density at radius 1 is 1.09 bits per heavy atom. The number of carbonyl (C=O) groups is 1. The number of aromatic nitrogens is 3. The maximum Gasteiger partial charge on any atom is 0.308 e. The minimum absolute atomic E-state index is 0.373. The first-order chi connectivity index (χ1) is 15.6. The molecular weight excluding hydrogens is 406 g/mol. The van der Waals surface area contributed by atoms with Crippen LogP contribution in [0.4, 0.5) is 11.8 Å². The number of nitrogens with zero attached hydrogens (tertiary/aromatic N) is 4. The van der Waals surface area contributed by atoms with Crippen LogP contribution in [0.15, 0.2) is 67.0 Å². The second-order valence-corrected chi connectivity index (χ2v) is 7.85. The van der Waals surface area contributed by atoms with Gasteiger partial charge in [0.15, 0.2) is 0 Å². The van der Waals surface area contributed by atoms with Crippen molar-refractivity contribution in [2.45, 2.75) is 12.8 Å². The van der Waals surface area contributed by atoms with E-state index in [9.17, 15) is 9.90 Å². The second kappa shape index (κ2) is 8.22. The fraction of sp³-hybridized carbons (Fsp3) is 0.208. The molecule has 1 fully saturated rings. The molecule has 5 rings (SSSR count). The molecule has 8 nitrogen and oxygen atoms in total. The lowest BCUT2D eigenvalue weighted by Crippen LogP contribution is -2.39. The standard InChI is InChI=1S/C24H23N5O3/c25-22-21-20(16-8-10-19(11-9-16)32-18-6-2-1-3-7-18)27-24(29(21)14-12-26-22)28-13-4-5-17(15-28)23(30)31/h1-3,6-12,14,17H,4-5,13,15H2,(H2,25,26)(H,30,31)/t17-/m1/s1. The van der Waals surface area contributed by atoms with Gasteiger partial charge in [-0.3, -0.25) is 9.20 Å². The first-order valence-corrected chi connectivity index (χ1v) is 10.5. The lowest BCUT2D eigenvalue weighted by Gasteiger charge is -2.30. The third-order valence-electron chi connectivity index (χ3n) is 5.72. The fourth-order valence-electron chi connectivity index (χ4n) is 4.14. The van der Waals surface area contributed by atoms with Crippen LogP contribution in [0, 0.1) is 5.92 Å². The van der Waals surface area contributed by atoms with Gasteiger partial charge in [0.2, 0.25) is 5.95 Å². The Bertz CT molecular complexity index is 1250. The number of carboxylic acids is 1. The summed E-state index contributed by atoms with van der Waals surface area (Å²) in [7, 11) is 0. The third-order valence-corrected chi connectivity index (χ3v) is 5.72. The van der Waals surface area contributed by atoms with Crippen LogP contribution in [-0.4, -0.2) is 38.5 Å². The van der Waals surface area contributed by atoms with E-state index in [0.29, 0.717) is 35.9 Å². The SMILES string of the molecule is Nc1nccn2c(N3CCC[C@@H](C(=O)O)C3)nc(-c3ccc(Oc4ccccc4)cc3)c12. The van der Waals surface area contributed by atoms with Crippen molar-refractivity contribution in [2.75, 3.05) is 23.7 Å². The molecule has 0 amide bonds. The Kier molecular flexibility index (Phi) is 5.10. The summed E-state index contributed by atoms with van der Waals surface area (Å²) in [4.78, 5) is 22.7. The van der Waals surface area contributed by atoms with Crippen LogP contribution in [0.25, 0.3) is 16.8 Å². The van der Waals surface area contributed by atoms with Crippen molar-refractivity contribution < 1.29 is 14.6 Å². The maximum absolute atomic E-state index is 11.5. The van der Waals surface area contributed by atoms with E-state index in [-0.39, 0.29) is 0 Å². The predicted molar refractivity (Wildman–Crippen MR) is 122 cm³/mol. The van der Waals surface area contributed by atoms with Crippen molar-refractivity contribution >= 4 is 23.3 Å². The van der Waals surface area contributed by atoms with Gasteiger partial charge in [0.05, 0.1) is 5.92 Å². The molecule has 0 bridgehead atoms. The number of ether oxygens (including phenoxy) is 1. The van der Waals surface area contributed by atoms with Crippen LogP contribution in [-0.2, 0) is 4.79 Å². The molecule has 1 aliphatic heterocycles. The van der Waals surface area contributed by atoms with Crippen molar-refractivity contribution in [3.8, 4) is 22.8 Å². The van der Waals surface area contributed by atoms with E-state index in [0.717, 1.165) is 30.0 Å². The number of para-hydroxylation sites is 1. The van der Waals surface area contributed by atoms with E-state index in [1.54, 1.807) is 6.20 Å². The summed E-state index contributed by atoms with van der Waals surface area (Å²) in [6.07, 6.45) is 4.92. The average molecular weight is 429 g/mol. The molecule has 1 saturated heterocycles. The molecule has 2 aromatic heterocycles. The topological polar surface area (TPSA) is 106 Å². The van der Waals surface area contributed by atoms with Crippen LogP contribution in [0.2, 0.25) is 0 Å². The van der Waals surface area contributed by atoms with Gasteiger partial charge in [0.25, 0.3) is 0 Å². The van der Waals surface area contributed by atoms with Crippen molar-refractivity contribution in [1.82, 2.24) is 14.4 Å². The molecule has 0 saturated carbocycles. The number of carboxylic acid groups (broad SMARTS) is 1. The maximum atomic E-state index is 11.5. The van der Waals surface area contributed by atoms with Gasteiger partial charge in [0, 0.05) is 31.0 Å². The number of aliphatic carboxylic acids is 1. The molecule has 4 aromatic rings. The van der Waals surface area contributed by atoms with Gasteiger partial charge < -0.3 is 20.5 Å². The Balaban J connectivity index is 1.51. The highest BCUT2D eigenvalue weighted by Gasteiger charge is 2.29. The predicted octanol–water partition coefficient (Wildman–Crippen LogP) is 4.07. The smallest absolute Gasteiger partial charge is 0.308 e. The van der Waals surface area contributed by atoms with E-state index >= 15 is 0 Å². The van der Waals surface area contributed by atoms with Crippen molar-refractivity contribution in [3.63, 3.8) is 0 Å². The number of piperidine rings is 1. The fourth-order valence-corrected chi connectivity index (χ4v) is 4.14. The van der Waals surface area contributed by atoms with Crippen LogP contribution < -0.4 is 15.4 Å². The summed E-state index contributed by atoms with van der Waals surface area (Å²) in [5.74, 6) is 1.35. The van der Waals surface area contributed by atoms with Gasteiger partial charge in [-0.25, -0.2) is 9.97 Å². The molecule has 0 unspecified atom stereocenters. The Morgan fingerprint density at radius 2 is 1.84 bits per heavy atom. The van der Waals surface area contributed by atoms with Gasteiger partial charge in [-0.05, 0) is 49.2 Å². The number of rotatable bonds is 5. The summed E-state index contributed by atoms with van der Waals surface area (Å²) < 4.78 is 7.79. The molecule has 1 atom stereocenters. The first kappa shape index (κ1) is 19.9. The highest BCUT2D eigenvalue weighted by atomic mass is 16.5. The number of anilines is 2. The molecule has 8 heteroatoms. The van der Waals surface area contributed by atoms with Gasteiger partial charge in [-0.1, -0.05) is 18.2 Å². The van der Waals surface area contributed by atoms with E-state index in [1.165, 1.54) is 0 Å². The monoisotopic (exact) mass is 429 g/mol. The highest BCUT2D eigenvalue weighted by molar-refractivity contribution is 5.87. The lowest BCUT2D eigenvalue weighted by molar-refractivity contribution is -0.141. The number of nitrogen functional groups attached to an aromatic ring is 1. The average Bonchev–Trinajstić information content (AvgIpc) is 3.21. The van der Waals surface area contributed by atoms with Crippen molar-refractivity contribution in [3.05, 3.63) is 67.0 Å². The number of imidazole rings is 1. The number of benzene rings is 2. The first-order valence-electron chi connectivity index (χ1n) is 10.5. The van der Waals surface area contributed by atoms with Crippen LogP contribution in [0.5, 0.6) is 11.5 Å². The Labute approximate surface area is 184 Å². The summed E-state index contributed by atoms with van der Waals surface area (Å²) in [6.45, 7) is 1.16. The summed E-state index contributed by atoms with van der Waals surface area (Å²) in [5.41, 5.74) is 8.52. The number of fused-ring (bicyclic) bond motifs is 1. The normalized spacial score (nSPS) is 16.2. The van der Waals surface area contributed by atoms with Gasteiger partial charge in [-0.2, -0.15) is 0 Å². The quantitative estimate of drug-likeness (QED) is 0.492. The molecule has 1 aliphatic rings. The minimum atomic E-state index is -0.772. The molecule has 162 valence electrons. The molecule has 2 aromatic carbocycles. The molecule has 32 heavy (non-hydrogen) atoms. The summed E-state index contributed by atoms with van der Waals surface area (Å²) in [5, 5.41) is 9.48. The Morgan fingerprint density at radius 3 is 2.59 bits per heavy atom. The van der Waals surface area contributed by atoms with E-state index < -0.39 is 11.9 Å². The molecule has 0 aliphatic carbocycles. The van der Waals surface area contributed by atoms with E-state index in [4.69, 9.17) is 15.5 Å². The summed E-state index contributed by atoms with van der Waals surface area (Å²) in [6, 6.07) is 17.2. The van der Waals surface area contributed by atoms with Gasteiger partial charge in [0.1, 0.15) is 28.5 Å². The molecule has 3 heterocycles.